The van der Waals surface area contributed by atoms with E-state index in [4.69, 9.17) is 10.5 Å². The summed E-state index contributed by atoms with van der Waals surface area (Å²) in [5, 5.41) is 0. The van der Waals surface area contributed by atoms with Gasteiger partial charge in [0.1, 0.15) is 11.9 Å². The van der Waals surface area contributed by atoms with Crippen LogP contribution in [0, 0.1) is 5.92 Å². The zero-order chi connectivity index (χ0) is 17.8. The Kier molecular flexibility index (Phi) is 5.03. The van der Waals surface area contributed by atoms with Gasteiger partial charge >= 0.3 is 0 Å². The van der Waals surface area contributed by atoms with Crippen LogP contribution in [-0.4, -0.2) is 29.8 Å². The van der Waals surface area contributed by atoms with Crippen LogP contribution in [0.3, 0.4) is 0 Å². The molecule has 5 nitrogen and oxygen atoms in total. The molecule has 130 valence electrons. The van der Waals surface area contributed by atoms with Crippen LogP contribution in [0.2, 0.25) is 0 Å². The number of carbonyl (C=O) groups is 2. The quantitative estimate of drug-likeness (QED) is 0.911. The maximum atomic E-state index is 12.5. The molecule has 0 aliphatic carbocycles. The summed E-state index contributed by atoms with van der Waals surface area (Å²) in [6.45, 7) is 2.95. The molecule has 2 aromatic carbocycles. The minimum absolute atomic E-state index is 0.0716. The number of benzene rings is 2. The van der Waals surface area contributed by atoms with E-state index in [-0.39, 0.29) is 23.8 Å². The number of nitrogens with two attached hydrogens (primary N) is 1. The summed E-state index contributed by atoms with van der Waals surface area (Å²) in [6.07, 6.45) is 0.564. The molecule has 0 radical (unpaired) electrons. The number of amides is 2. The fraction of sp³-hybridized carbons (Fsp3) is 0.300. The lowest BCUT2D eigenvalue weighted by Gasteiger charge is -2.17. The highest BCUT2D eigenvalue weighted by atomic mass is 16.5. The van der Waals surface area contributed by atoms with E-state index in [9.17, 15) is 9.59 Å². The van der Waals surface area contributed by atoms with Crippen LogP contribution in [0.15, 0.2) is 54.6 Å². The van der Waals surface area contributed by atoms with Crippen molar-refractivity contribution >= 4 is 11.8 Å². The van der Waals surface area contributed by atoms with Gasteiger partial charge in [-0.25, -0.2) is 0 Å². The first-order valence-corrected chi connectivity index (χ1v) is 8.45. The van der Waals surface area contributed by atoms with Crippen molar-refractivity contribution in [2.75, 3.05) is 13.1 Å². The van der Waals surface area contributed by atoms with E-state index in [1.54, 1.807) is 29.2 Å². The van der Waals surface area contributed by atoms with Gasteiger partial charge in [0.25, 0.3) is 5.91 Å². The normalized spacial score (nSPS) is 18.0. The Hall–Kier alpha value is -2.82. The Morgan fingerprint density at radius 1 is 1.12 bits per heavy atom. The maximum absolute atomic E-state index is 12.5. The van der Waals surface area contributed by atoms with Gasteiger partial charge in [-0.3, -0.25) is 9.59 Å². The Balaban J connectivity index is 1.62. The molecule has 1 aliphatic heterocycles. The molecule has 2 aromatic rings. The number of likely N-dealkylation sites (tertiary alicyclic amines) is 1. The Morgan fingerprint density at radius 2 is 1.80 bits per heavy atom. The molecule has 1 saturated heterocycles. The minimum Gasteiger partial charge on any atom is -0.486 e. The SMILES string of the molecule is C[C@@H](Oc1ccc(C(=O)N2CC[C@H](C(N)=O)C2)cc1)c1ccccc1. The van der Waals surface area contributed by atoms with Crippen molar-refractivity contribution in [2.45, 2.75) is 19.4 Å². The van der Waals surface area contributed by atoms with Gasteiger partial charge in [-0.05, 0) is 43.2 Å². The molecule has 0 spiro atoms. The number of hydrogen-bond acceptors (Lipinski definition) is 3. The number of rotatable bonds is 5. The first kappa shape index (κ1) is 17.0. The molecule has 0 bridgehead atoms. The van der Waals surface area contributed by atoms with Crippen LogP contribution in [0.25, 0.3) is 0 Å². The molecule has 5 heteroatoms. The maximum Gasteiger partial charge on any atom is 0.253 e. The van der Waals surface area contributed by atoms with Gasteiger partial charge in [0, 0.05) is 18.7 Å². The van der Waals surface area contributed by atoms with Gasteiger partial charge in [-0.1, -0.05) is 30.3 Å². The molecule has 0 aromatic heterocycles. The fourth-order valence-corrected chi connectivity index (χ4v) is 3.03. The van der Waals surface area contributed by atoms with Crippen molar-refractivity contribution in [1.29, 1.82) is 0 Å². The summed E-state index contributed by atoms with van der Waals surface area (Å²) < 4.78 is 5.92. The van der Waals surface area contributed by atoms with E-state index < -0.39 is 0 Å². The zero-order valence-electron chi connectivity index (χ0n) is 14.2. The van der Waals surface area contributed by atoms with E-state index in [2.05, 4.69) is 0 Å². The number of primary amides is 1. The average Bonchev–Trinajstić information content (AvgIpc) is 3.13. The lowest BCUT2D eigenvalue weighted by molar-refractivity contribution is -0.121. The summed E-state index contributed by atoms with van der Waals surface area (Å²) in [6, 6.07) is 17.1. The lowest BCUT2D eigenvalue weighted by Crippen LogP contribution is -2.31. The zero-order valence-corrected chi connectivity index (χ0v) is 14.2. The van der Waals surface area contributed by atoms with Crippen LogP contribution in [-0.2, 0) is 4.79 Å². The van der Waals surface area contributed by atoms with Gasteiger partial charge in [0.15, 0.2) is 0 Å². The highest BCUT2D eigenvalue weighted by Crippen LogP contribution is 2.23. The molecular formula is C20H22N2O3. The number of carbonyl (C=O) groups excluding carboxylic acids is 2. The standard InChI is InChI=1S/C20H22N2O3/c1-14(15-5-3-2-4-6-15)25-18-9-7-16(8-10-18)20(24)22-12-11-17(13-22)19(21)23/h2-10,14,17H,11-13H2,1H3,(H2,21,23)/t14-,17+/m1/s1. The number of nitrogens with zero attached hydrogens (tertiary/aromatic N) is 1. The third-order valence-corrected chi connectivity index (χ3v) is 4.56. The van der Waals surface area contributed by atoms with E-state index in [0.29, 0.717) is 30.8 Å². The second-order valence-electron chi connectivity index (χ2n) is 6.33. The molecular weight excluding hydrogens is 316 g/mol. The van der Waals surface area contributed by atoms with Crippen LogP contribution in [0.4, 0.5) is 0 Å². The van der Waals surface area contributed by atoms with Crippen molar-refractivity contribution in [3.63, 3.8) is 0 Å². The summed E-state index contributed by atoms with van der Waals surface area (Å²) >= 11 is 0. The first-order valence-electron chi connectivity index (χ1n) is 8.45. The third-order valence-electron chi connectivity index (χ3n) is 4.56. The molecule has 25 heavy (non-hydrogen) atoms. The predicted octanol–water partition coefficient (Wildman–Crippen LogP) is 2.77. The third kappa shape index (κ3) is 3.99. The highest BCUT2D eigenvalue weighted by Gasteiger charge is 2.30. The van der Waals surface area contributed by atoms with Gasteiger partial charge in [0.2, 0.25) is 5.91 Å². The van der Waals surface area contributed by atoms with Crippen molar-refractivity contribution < 1.29 is 14.3 Å². The molecule has 3 rings (SSSR count). The Labute approximate surface area is 147 Å². The van der Waals surface area contributed by atoms with Crippen LogP contribution >= 0.6 is 0 Å². The van der Waals surface area contributed by atoms with Gasteiger partial charge in [0.05, 0.1) is 5.92 Å². The van der Waals surface area contributed by atoms with E-state index in [1.165, 1.54) is 0 Å². The lowest BCUT2D eigenvalue weighted by atomic mass is 10.1. The number of ether oxygens (including phenoxy) is 1. The molecule has 1 fully saturated rings. The second-order valence-corrected chi connectivity index (χ2v) is 6.33. The summed E-state index contributed by atoms with van der Waals surface area (Å²) in [5.74, 6) is 0.0583. The van der Waals surface area contributed by atoms with Crippen molar-refractivity contribution in [3.05, 3.63) is 65.7 Å². The van der Waals surface area contributed by atoms with Crippen molar-refractivity contribution in [2.24, 2.45) is 11.7 Å². The van der Waals surface area contributed by atoms with Gasteiger partial charge in [-0.15, -0.1) is 0 Å². The summed E-state index contributed by atoms with van der Waals surface area (Å²) in [5.41, 5.74) is 7.00. The average molecular weight is 338 g/mol. The van der Waals surface area contributed by atoms with Crippen LogP contribution in [0.1, 0.15) is 35.4 Å². The van der Waals surface area contributed by atoms with Crippen LogP contribution < -0.4 is 10.5 Å². The number of hydrogen-bond donors (Lipinski definition) is 1. The smallest absolute Gasteiger partial charge is 0.253 e. The monoisotopic (exact) mass is 338 g/mol. The molecule has 0 saturated carbocycles. The fourth-order valence-electron chi connectivity index (χ4n) is 3.03. The first-order chi connectivity index (χ1) is 12.0. The minimum atomic E-state index is -0.339. The molecule has 1 aliphatic rings. The van der Waals surface area contributed by atoms with Crippen molar-refractivity contribution in [1.82, 2.24) is 4.90 Å². The van der Waals surface area contributed by atoms with Gasteiger partial charge < -0.3 is 15.4 Å². The molecule has 2 N–H and O–H groups in total. The largest absolute Gasteiger partial charge is 0.486 e. The molecule has 1 heterocycles. The van der Waals surface area contributed by atoms with Crippen LogP contribution in [0.5, 0.6) is 5.75 Å². The van der Waals surface area contributed by atoms with E-state index >= 15 is 0 Å². The molecule has 0 unspecified atom stereocenters. The summed E-state index contributed by atoms with van der Waals surface area (Å²) in [4.78, 5) is 25.4. The van der Waals surface area contributed by atoms with Gasteiger partial charge in [-0.2, -0.15) is 0 Å². The highest BCUT2D eigenvalue weighted by molar-refractivity contribution is 5.95. The summed E-state index contributed by atoms with van der Waals surface area (Å²) in [7, 11) is 0. The Bertz CT molecular complexity index is 743. The molecule has 2 amide bonds. The predicted molar refractivity (Wildman–Crippen MR) is 95.1 cm³/mol. The van der Waals surface area contributed by atoms with Crippen molar-refractivity contribution in [3.8, 4) is 5.75 Å². The van der Waals surface area contributed by atoms with E-state index in [1.807, 2.05) is 37.3 Å². The second kappa shape index (κ2) is 7.38. The molecule has 2 atom stereocenters. The Morgan fingerprint density at radius 3 is 2.40 bits per heavy atom. The van der Waals surface area contributed by atoms with E-state index in [0.717, 1.165) is 5.56 Å². The topological polar surface area (TPSA) is 72.6 Å².